The average molecular weight is 247 g/mol. The Labute approximate surface area is 111 Å². The van der Waals surface area contributed by atoms with E-state index in [2.05, 4.69) is 48.1 Å². The maximum absolute atomic E-state index is 4.07. The van der Waals surface area contributed by atoms with Gasteiger partial charge in [0.25, 0.3) is 0 Å². The van der Waals surface area contributed by atoms with E-state index >= 15 is 0 Å². The standard InChI is InChI=1S/C15H25N3/c1-15(2,3)12-17-13-6-10-18(11-7-13)14-4-8-16-9-5-14/h4-5,8-9,13,17H,6-7,10-12H2,1-3H3. The van der Waals surface area contributed by atoms with Gasteiger partial charge < -0.3 is 10.2 Å². The van der Waals surface area contributed by atoms with Crippen LogP contribution in [0.5, 0.6) is 0 Å². The lowest BCUT2D eigenvalue weighted by molar-refractivity contribution is 0.324. The SMILES string of the molecule is CC(C)(C)CNC1CCN(c2ccncc2)CC1. The second-order valence-corrected chi connectivity index (χ2v) is 6.41. The zero-order valence-electron chi connectivity index (χ0n) is 11.8. The Morgan fingerprint density at radius 1 is 1.22 bits per heavy atom. The van der Waals surface area contributed by atoms with Crippen molar-refractivity contribution in [3.63, 3.8) is 0 Å². The second-order valence-electron chi connectivity index (χ2n) is 6.41. The maximum atomic E-state index is 4.07. The molecule has 0 amide bonds. The first-order valence-corrected chi connectivity index (χ1v) is 6.93. The monoisotopic (exact) mass is 247 g/mol. The molecular formula is C15H25N3. The Bertz CT molecular complexity index is 348. The number of nitrogens with one attached hydrogen (secondary N) is 1. The van der Waals surface area contributed by atoms with E-state index in [0.717, 1.165) is 19.6 Å². The van der Waals surface area contributed by atoms with Crippen molar-refractivity contribution in [3.05, 3.63) is 24.5 Å². The number of hydrogen-bond acceptors (Lipinski definition) is 3. The smallest absolute Gasteiger partial charge is 0.0397 e. The minimum Gasteiger partial charge on any atom is -0.371 e. The molecule has 0 aromatic carbocycles. The summed E-state index contributed by atoms with van der Waals surface area (Å²) >= 11 is 0. The van der Waals surface area contributed by atoms with Crippen molar-refractivity contribution in [2.45, 2.75) is 39.7 Å². The third-order valence-corrected chi connectivity index (χ3v) is 3.44. The van der Waals surface area contributed by atoms with E-state index in [4.69, 9.17) is 0 Å². The topological polar surface area (TPSA) is 28.2 Å². The third-order valence-electron chi connectivity index (χ3n) is 3.44. The summed E-state index contributed by atoms with van der Waals surface area (Å²) in [5, 5.41) is 3.69. The number of nitrogens with zero attached hydrogens (tertiary/aromatic N) is 2. The number of piperidine rings is 1. The van der Waals surface area contributed by atoms with Gasteiger partial charge in [0, 0.05) is 43.8 Å². The van der Waals surface area contributed by atoms with Gasteiger partial charge in [-0.15, -0.1) is 0 Å². The highest BCUT2D eigenvalue weighted by Crippen LogP contribution is 2.19. The second kappa shape index (κ2) is 5.70. The van der Waals surface area contributed by atoms with E-state index in [9.17, 15) is 0 Å². The summed E-state index contributed by atoms with van der Waals surface area (Å²) in [5.41, 5.74) is 1.68. The number of anilines is 1. The first kappa shape index (κ1) is 13.3. The summed E-state index contributed by atoms with van der Waals surface area (Å²) in [6.07, 6.45) is 6.22. The van der Waals surface area contributed by atoms with Crippen molar-refractivity contribution in [1.29, 1.82) is 0 Å². The summed E-state index contributed by atoms with van der Waals surface area (Å²) in [6, 6.07) is 4.88. The zero-order chi connectivity index (χ0) is 13.0. The van der Waals surface area contributed by atoms with Crippen LogP contribution in [0.2, 0.25) is 0 Å². The van der Waals surface area contributed by atoms with Crippen LogP contribution >= 0.6 is 0 Å². The fraction of sp³-hybridized carbons (Fsp3) is 0.667. The molecule has 1 aromatic heterocycles. The van der Waals surface area contributed by atoms with Gasteiger partial charge in [0.2, 0.25) is 0 Å². The number of rotatable bonds is 3. The van der Waals surface area contributed by atoms with E-state index in [1.165, 1.54) is 18.5 Å². The lowest BCUT2D eigenvalue weighted by atomic mass is 9.95. The quantitative estimate of drug-likeness (QED) is 0.890. The van der Waals surface area contributed by atoms with E-state index in [-0.39, 0.29) is 0 Å². The van der Waals surface area contributed by atoms with E-state index in [1.54, 1.807) is 0 Å². The zero-order valence-corrected chi connectivity index (χ0v) is 11.8. The molecule has 0 radical (unpaired) electrons. The average Bonchev–Trinajstić information content (AvgIpc) is 2.37. The Kier molecular flexibility index (Phi) is 4.23. The summed E-state index contributed by atoms with van der Waals surface area (Å²) in [5.74, 6) is 0. The Morgan fingerprint density at radius 2 is 1.83 bits per heavy atom. The summed E-state index contributed by atoms with van der Waals surface area (Å²) in [7, 11) is 0. The van der Waals surface area contributed by atoms with Crippen LogP contribution in [-0.2, 0) is 0 Å². The predicted octanol–water partition coefficient (Wildman–Crippen LogP) is 2.69. The molecule has 1 aliphatic rings. The molecule has 0 spiro atoms. The lowest BCUT2D eigenvalue weighted by Crippen LogP contribution is -2.44. The highest BCUT2D eigenvalue weighted by molar-refractivity contribution is 5.44. The Hall–Kier alpha value is -1.09. The van der Waals surface area contributed by atoms with Crippen molar-refractivity contribution < 1.29 is 0 Å². The minimum atomic E-state index is 0.377. The molecule has 0 atom stereocenters. The highest BCUT2D eigenvalue weighted by Gasteiger charge is 2.20. The van der Waals surface area contributed by atoms with Crippen LogP contribution in [0.4, 0.5) is 5.69 Å². The largest absolute Gasteiger partial charge is 0.371 e. The highest BCUT2D eigenvalue weighted by atomic mass is 15.1. The number of aromatic nitrogens is 1. The molecule has 0 bridgehead atoms. The predicted molar refractivity (Wildman–Crippen MR) is 76.9 cm³/mol. The van der Waals surface area contributed by atoms with Gasteiger partial charge in [-0.05, 0) is 30.4 Å². The molecule has 0 aliphatic carbocycles. The van der Waals surface area contributed by atoms with Crippen LogP contribution in [0.25, 0.3) is 0 Å². The molecule has 1 aliphatic heterocycles. The van der Waals surface area contributed by atoms with Gasteiger partial charge in [-0.25, -0.2) is 0 Å². The fourth-order valence-corrected chi connectivity index (χ4v) is 2.35. The molecule has 2 rings (SSSR count). The van der Waals surface area contributed by atoms with Crippen molar-refractivity contribution in [1.82, 2.24) is 10.3 Å². The van der Waals surface area contributed by atoms with E-state index in [0.29, 0.717) is 11.5 Å². The summed E-state index contributed by atoms with van der Waals surface area (Å²) in [6.45, 7) is 10.2. The van der Waals surface area contributed by atoms with Gasteiger partial charge in [-0.3, -0.25) is 4.98 Å². The molecule has 100 valence electrons. The van der Waals surface area contributed by atoms with Gasteiger partial charge in [0.15, 0.2) is 0 Å². The van der Waals surface area contributed by atoms with Crippen molar-refractivity contribution in [2.24, 2.45) is 5.41 Å². The molecule has 1 fully saturated rings. The van der Waals surface area contributed by atoms with Crippen molar-refractivity contribution >= 4 is 5.69 Å². The Morgan fingerprint density at radius 3 is 2.39 bits per heavy atom. The fourth-order valence-electron chi connectivity index (χ4n) is 2.35. The normalized spacial score (nSPS) is 18.1. The molecule has 1 aromatic rings. The maximum Gasteiger partial charge on any atom is 0.0397 e. The molecule has 0 saturated carbocycles. The van der Waals surface area contributed by atoms with Gasteiger partial charge in [0.05, 0.1) is 0 Å². The summed E-state index contributed by atoms with van der Waals surface area (Å²) in [4.78, 5) is 6.53. The molecule has 0 unspecified atom stereocenters. The van der Waals surface area contributed by atoms with E-state index in [1.807, 2.05) is 12.4 Å². The van der Waals surface area contributed by atoms with Gasteiger partial charge in [0.1, 0.15) is 0 Å². The van der Waals surface area contributed by atoms with Gasteiger partial charge >= 0.3 is 0 Å². The molecule has 2 heterocycles. The van der Waals surface area contributed by atoms with Crippen LogP contribution in [0, 0.1) is 5.41 Å². The lowest BCUT2D eigenvalue weighted by Gasteiger charge is -2.35. The van der Waals surface area contributed by atoms with Crippen LogP contribution in [-0.4, -0.2) is 30.7 Å². The molecular weight excluding hydrogens is 222 g/mol. The van der Waals surface area contributed by atoms with Crippen molar-refractivity contribution in [3.8, 4) is 0 Å². The first-order chi connectivity index (χ1) is 8.54. The molecule has 3 nitrogen and oxygen atoms in total. The van der Waals surface area contributed by atoms with Crippen LogP contribution < -0.4 is 10.2 Å². The molecule has 3 heteroatoms. The van der Waals surface area contributed by atoms with Crippen LogP contribution in [0.1, 0.15) is 33.6 Å². The van der Waals surface area contributed by atoms with E-state index < -0.39 is 0 Å². The van der Waals surface area contributed by atoms with Crippen LogP contribution in [0.3, 0.4) is 0 Å². The van der Waals surface area contributed by atoms with Gasteiger partial charge in [-0.2, -0.15) is 0 Å². The van der Waals surface area contributed by atoms with Gasteiger partial charge in [-0.1, -0.05) is 20.8 Å². The first-order valence-electron chi connectivity index (χ1n) is 6.93. The minimum absolute atomic E-state index is 0.377. The third kappa shape index (κ3) is 3.98. The number of hydrogen-bond donors (Lipinski definition) is 1. The van der Waals surface area contributed by atoms with Crippen molar-refractivity contribution in [2.75, 3.05) is 24.5 Å². The molecule has 1 saturated heterocycles. The Balaban J connectivity index is 1.78. The summed E-state index contributed by atoms with van der Waals surface area (Å²) < 4.78 is 0. The molecule has 1 N–H and O–H groups in total. The van der Waals surface area contributed by atoms with Crippen LogP contribution in [0.15, 0.2) is 24.5 Å². The number of pyridine rings is 1. The molecule has 18 heavy (non-hydrogen) atoms.